The van der Waals surface area contributed by atoms with Gasteiger partial charge in [0.15, 0.2) is 5.75 Å². The first-order valence-corrected chi connectivity index (χ1v) is 10.7. The van der Waals surface area contributed by atoms with Gasteiger partial charge in [-0.2, -0.15) is 0 Å². The molecule has 0 radical (unpaired) electrons. The first-order chi connectivity index (χ1) is 14.9. The molecule has 3 aromatic carbocycles. The van der Waals surface area contributed by atoms with E-state index in [1.54, 1.807) is 66.7 Å². The quantitative estimate of drug-likeness (QED) is 0.221. The number of carbonyl (C=O) groups is 3. The van der Waals surface area contributed by atoms with Crippen molar-refractivity contribution in [1.29, 1.82) is 0 Å². The molecule has 0 atom stereocenters. The van der Waals surface area contributed by atoms with Crippen LogP contribution in [0.2, 0.25) is 0 Å². The SMILES string of the molecule is O=C1NN(c2ccccc2)C(=O)/C1=C/c1cc(Br)cc(Br)c1OC(=O)c1ccccc1. The average molecular weight is 542 g/mol. The van der Waals surface area contributed by atoms with Crippen LogP contribution in [0.25, 0.3) is 6.08 Å². The standard InChI is InChI=1S/C23H14Br2N2O4/c24-16-11-15(20(19(25)13-16)31-23(30)14-7-3-1-4-8-14)12-18-21(28)26-27(22(18)29)17-9-5-2-6-10-17/h1-13H,(H,26,28)/b18-12+. The molecule has 2 amide bonds. The topological polar surface area (TPSA) is 75.7 Å². The van der Waals surface area contributed by atoms with Gasteiger partial charge in [-0.25, -0.2) is 9.80 Å². The maximum atomic E-state index is 12.9. The molecule has 1 saturated heterocycles. The zero-order valence-electron chi connectivity index (χ0n) is 15.8. The van der Waals surface area contributed by atoms with Crippen LogP contribution < -0.4 is 15.2 Å². The van der Waals surface area contributed by atoms with E-state index in [1.165, 1.54) is 11.1 Å². The van der Waals surface area contributed by atoms with Crippen molar-refractivity contribution < 1.29 is 19.1 Å². The van der Waals surface area contributed by atoms with Gasteiger partial charge in [0, 0.05) is 10.0 Å². The summed E-state index contributed by atoms with van der Waals surface area (Å²) in [5, 5.41) is 1.18. The second kappa shape index (κ2) is 8.87. The monoisotopic (exact) mass is 540 g/mol. The number of hydrazine groups is 1. The summed E-state index contributed by atoms with van der Waals surface area (Å²) < 4.78 is 6.77. The van der Waals surface area contributed by atoms with Crippen LogP contribution in [0.1, 0.15) is 15.9 Å². The van der Waals surface area contributed by atoms with Crippen LogP contribution in [0.5, 0.6) is 5.75 Å². The number of nitrogens with zero attached hydrogens (tertiary/aromatic N) is 1. The molecular formula is C23H14Br2N2O4. The predicted molar refractivity (Wildman–Crippen MR) is 123 cm³/mol. The van der Waals surface area contributed by atoms with Gasteiger partial charge in [-0.15, -0.1) is 0 Å². The number of hydrogen-bond acceptors (Lipinski definition) is 4. The van der Waals surface area contributed by atoms with Crippen molar-refractivity contribution in [2.24, 2.45) is 0 Å². The van der Waals surface area contributed by atoms with Crippen LogP contribution in [0, 0.1) is 0 Å². The van der Waals surface area contributed by atoms with Crippen molar-refractivity contribution in [3.05, 3.63) is 98.4 Å². The molecule has 1 N–H and O–H groups in total. The number of benzene rings is 3. The summed E-state index contributed by atoms with van der Waals surface area (Å²) >= 11 is 6.79. The van der Waals surface area contributed by atoms with Crippen LogP contribution in [0.15, 0.2) is 87.3 Å². The van der Waals surface area contributed by atoms with Crippen LogP contribution >= 0.6 is 31.9 Å². The Morgan fingerprint density at radius 1 is 0.935 bits per heavy atom. The lowest BCUT2D eigenvalue weighted by Crippen LogP contribution is -2.35. The summed E-state index contributed by atoms with van der Waals surface area (Å²) in [6.07, 6.45) is 1.41. The Bertz CT molecular complexity index is 1210. The second-order valence-electron chi connectivity index (χ2n) is 6.54. The van der Waals surface area contributed by atoms with Crippen molar-refractivity contribution in [3.8, 4) is 5.75 Å². The van der Waals surface area contributed by atoms with Crippen molar-refractivity contribution in [3.63, 3.8) is 0 Å². The molecule has 0 bridgehead atoms. The van der Waals surface area contributed by atoms with E-state index in [1.807, 2.05) is 6.07 Å². The Labute approximate surface area is 194 Å². The second-order valence-corrected chi connectivity index (χ2v) is 8.31. The van der Waals surface area contributed by atoms with Gasteiger partial charge in [0.05, 0.1) is 15.7 Å². The highest BCUT2D eigenvalue weighted by atomic mass is 79.9. The summed E-state index contributed by atoms with van der Waals surface area (Å²) in [6.45, 7) is 0. The molecular weight excluding hydrogens is 528 g/mol. The van der Waals surface area contributed by atoms with Crippen molar-refractivity contribution in [1.82, 2.24) is 5.43 Å². The minimum atomic E-state index is -0.559. The number of para-hydroxylation sites is 1. The molecule has 4 rings (SSSR count). The zero-order valence-corrected chi connectivity index (χ0v) is 19.0. The molecule has 0 aliphatic carbocycles. The lowest BCUT2D eigenvalue weighted by Gasteiger charge is -2.14. The molecule has 8 heteroatoms. The minimum Gasteiger partial charge on any atom is -0.421 e. The smallest absolute Gasteiger partial charge is 0.343 e. The summed E-state index contributed by atoms with van der Waals surface area (Å²) in [6, 6.07) is 20.7. The van der Waals surface area contributed by atoms with Gasteiger partial charge in [0.1, 0.15) is 5.57 Å². The third kappa shape index (κ3) is 4.45. The maximum Gasteiger partial charge on any atom is 0.343 e. The number of nitrogens with one attached hydrogen (secondary N) is 1. The van der Waals surface area contributed by atoms with Gasteiger partial charge in [0.2, 0.25) is 0 Å². The molecule has 0 saturated carbocycles. The normalized spacial score (nSPS) is 14.6. The summed E-state index contributed by atoms with van der Waals surface area (Å²) in [7, 11) is 0. The van der Waals surface area contributed by atoms with E-state index < -0.39 is 17.8 Å². The Balaban J connectivity index is 1.71. The van der Waals surface area contributed by atoms with E-state index >= 15 is 0 Å². The molecule has 1 fully saturated rings. The van der Waals surface area contributed by atoms with Gasteiger partial charge in [-0.3, -0.25) is 15.0 Å². The number of carbonyl (C=O) groups excluding carboxylic acids is 3. The van der Waals surface area contributed by atoms with E-state index in [0.717, 1.165) is 0 Å². The van der Waals surface area contributed by atoms with Crippen molar-refractivity contribution in [2.75, 3.05) is 5.01 Å². The average Bonchev–Trinajstić information content (AvgIpc) is 3.05. The lowest BCUT2D eigenvalue weighted by molar-refractivity contribution is -0.117. The van der Waals surface area contributed by atoms with Crippen molar-refractivity contribution in [2.45, 2.75) is 0 Å². The first kappa shape index (κ1) is 21.0. The van der Waals surface area contributed by atoms with E-state index in [0.29, 0.717) is 25.8 Å². The van der Waals surface area contributed by atoms with Gasteiger partial charge in [-0.1, -0.05) is 52.3 Å². The number of ether oxygens (including phenoxy) is 1. The molecule has 0 unspecified atom stereocenters. The van der Waals surface area contributed by atoms with E-state index in [-0.39, 0.29) is 11.3 Å². The fourth-order valence-corrected chi connectivity index (χ4v) is 4.33. The number of rotatable bonds is 4. The molecule has 0 aromatic heterocycles. The number of amides is 2. The molecule has 1 aliphatic heterocycles. The summed E-state index contributed by atoms with van der Waals surface area (Å²) in [5.74, 6) is -1.42. The van der Waals surface area contributed by atoms with Gasteiger partial charge < -0.3 is 4.74 Å². The Morgan fingerprint density at radius 3 is 2.26 bits per heavy atom. The first-order valence-electron chi connectivity index (χ1n) is 9.12. The highest BCUT2D eigenvalue weighted by Gasteiger charge is 2.34. The summed E-state index contributed by atoms with van der Waals surface area (Å²) in [5.41, 5.74) is 3.77. The Hall–Kier alpha value is -3.23. The maximum absolute atomic E-state index is 12.9. The largest absolute Gasteiger partial charge is 0.421 e. The third-order valence-corrected chi connectivity index (χ3v) is 5.49. The van der Waals surface area contributed by atoms with Crippen molar-refractivity contribution >= 4 is 61.4 Å². The number of hydrogen-bond donors (Lipinski definition) is 1. The van der Waals surface area contributed by atoms with E-state index in [2.05, 4.69) is 37.3 Å². The molecule has 3 aromatic rings. The van der Waals surface area contributed by atoms with Gasteiger partial charge >= 0.3 is 5.97 Å². The molecule has 154 valence electrons. The summed E-state index contributed by atoms with van der Waals surface area (Å²) in [4.78, 5) is 38.0. The molecule has 31 heavy (non-hydrogen) atoms. The highest BCUT2D eigenvalue weighted by molar-refractivity contribution is 9.11. The number of esters is 1. The van der Waals surface area contributed by atoms with Gasteiger partial charge in [-0.05, 0) is 58.4 Å². The minimum absolute atomic E-state index is 0.0779. The highest BCUT2D eigenvalue weighted by Crippen LogP contribution is 2.35. The fraction of sp³-hybridized carbons (Fsp3) is 0. The Morgan fingerprint density at radius 2 is 1.58 bits per heavy atom. The molecule has 6 nitrogen and oxygen atoms in total. The van der Waals surface area contributed by atoms with E-state index in [4.69, 9.17) is 4.74 Å². The number of halogens is 2. The molecule has 0 spiro atoms. The molecule has 1 aliphatic rings. The lowest BCUT2D eigenvalue weighted by atomic mass is 10.1. The Kier molecular flexibility index (Phi) is 6.01. The number of anilines is 1. The third-order valence-electron chi connectivity index (χ3n) is 4.45. The predicted octanol–water partition coefficient (Wildman–Crippen LogP) is 4.89. The van der Waals surface area contributed by atoms with Crippen LogP contribution in [0.3, 0.4) is 0 Å². The van der Waals surface area contributed by atoms with Crippen LogP contribution in [-0.4, -0.2) is 17.8 Å². The molecule has 1 heterocycles. The zero-order chi connectivity index (χ0) is 22.0. The van der Waals surface area contributed by atoms with E-state index in [9.17, 15) is 14.4 Å². The fourth-order valence-electron chi connectivity index (χ4n) is 2.99. The van der Waals surface area contributed by atoms with Crippen LogP contribution in [-0.2, 0) is 9.59 Å². The van der Waals surface area contributed by atoms with Gasteiger partial charge in [0.25, 0.3) is 11.8 Å². The van der Waals surface area contributed by atoms with Crippen LogP contribution in [0.4, 0.5) is 5.69 Å².